The summed E-state index contributed by atoms with van der Waals surface area (Å²) in [5.41, 5.74) is 1.75. The first-order chi connectivity index (χ1) is 5.77. The molecule has 64 valence electrons. The summed E-state index contributed by atoms with van der Waals surface area (Å²) in [5.74, 6) is 0.395. The van der Waals surface area contributed by atoms with Crippen LogP contribution >= 0.6 is 0 Å². The zero-order valence-electron chi connectivity index (χ0n) is 7.12. The van der Waals surface area contributed by atoms with Crippen molar-refractivity contribution in [3.63, 3.8) is 0 Å². The lowest BCUT2D eigenvalue weighted by Crippen LogP contribution is -2.07. The van der Waals surface area contributed by atoms with Gasteiger partial charge in [-0.3, -0.25) is 9.79 Å². The van der Waals surface area contributed by atoms with Crippen LogP contribution < -0.4 is 0 Å². The molecule has 0 heterocycles. The highest BCUT2D eigenvalue weighted by Crippen LogP contribution is 2.27. The Bertz CT molecular complexity index is 240. The van der Waals surface area contributed by atoms with Gasteiger partial charge in [-0.25, -0.2) is 0 Å². The average molecular weight is 163 g/mol. The zero-order valence-corrected chi connectivity index (χ0v) is 7.12. The second-order valence-corrected chi connectivity index (χ2v) is 3.02. The zero-order chi connectivity index (χ0) is 8.97. The lowest BCUT2D eigenvalue weighted by atomic mass is 9.88. The van der Waals surface area contributed by atoms with Gasteiger partial charge < -0.3 is 0 Å². The highest BCUT2D eigenvalue weighted by Gasteiger charge is 2.15. The number of allylic oxidation sites excluding steroid dienone is 3. The van der Waals surface area contributed by atoms with Crippen LogP contribution in [-0.4, -0.2) is 13.0 Å². The fraction of sp³-hybridized carbons (Fsp3) is 0.400. The summed E-state index contributed by atoms with van der Waals surface area (Å²) in [4.78, 5) is 14.2. The maximum absolute atomic E-state index is 10.4. The molecule has 0 aromatic carbocycles. The monoisotopic (exact) mass is 163 g/mol. The smallest absolute Gasteiger partial charge is 0.145 e. The molecule has 0 saturated carbocycles. The van der Waals surface area contributed by atoms with Gasteiger partial charge in [0.25, 0.3) is 0 Å². The lowest BCUT2D eigenvalue weighted by molar-refractivity contribution is -0.105. The van der Waals surface area contributed by atoms with Gasteiger partial charge in [0.2, 0.25) is 0 Å². The van der Waals surface area contributed by atoms with E-state index < -0.39 is 0 Å². The molecular weight excluding hydrogens is 150 g/mol. The van der Waals surface area contributed by atoms with E-state index in [1.807, 2.05) is 6.08 Å². The summed E-state index contributed by atoms with van der Waals surface area (Å²) in [6, 6.07) is 0. The second kappa shape index (κ2) is 4.00. The highest BCUT2D eigenvalue weighted by atomic mass is 16.1. The van der Waals surface area contributed by atoms with Gasteiger partial charge in [-0.05, 0) is 31.6 Å². The Morgan fingerprint density at radius 1 is 1.75 bits per heavy atom. The van der Waals surface area contributed by atoms with Crippen LogP contribution in [0.5, 0.6) is 0 Å². The van der Waals surface area contributed by atoms with Crippen molar-refractivity contribution in [3.05, 3.63) is 23.9 Å². The van der Waals surface area contributed by atoms with Crippen molar-refractivity contribution in [2.24, 2.45) is 10.9 Å². The summed E-state index contributed by atoms with van der Waals surface area (Å²) in [6.07, 6.45) is 5.61. The van der Waals surface area contributed by atoms with Gasteiger partial charge in [0.15, 0.2) is 0 Å². The number of nitrogens with zero attached hydrogens (tertiary/aromatic N) is 1. The fourth-order valence-corrected chi connectivity index (χ4v) is 1.39. The predicted molar refractivity (Wildman–Crippen MR) is 50.2 cm³/mol. The van der Waals surface area contributed by atoms with Crippen LogP contribution in [-0.2, 0) is 4.79 Å². The molecule has 0 aliphatic heterocycles. The molecule has 0 N–H and O–H groups in total. The van der Waals surface area contributed by atoms with E-state index in [4.69, 9.17) is 0 Å². The first-order valence-electron chi connectivity index (χ1n) is 4.07. The maximum Gasteiger partial charge on any atom is 0.145 e. The summed E-state index contributed by atoms with van der Waals surface area (Å²) in [7, 11) is 0. The van der Waals surface area contributed by atoms with E-state index in [-0.39, 0.29) is 0 Å². The van der Waals surface area contributed by atoms with Crippen molar-refractivity contribution in [1.82, 2.24) is 0 Å². The molecule has 1 atom stereocenters. The molecule has 1 unspecified atom stereocenters. The van der Waals surface area contributed by atoms with Crippen LogP contribution in [0, 0.1) is 5.92 Å². The minimum absolute atomic E-state index is 0.395. The van der Waals surface area contributed by atoms with Crippen molar-refractivity contribution < 1.29 is 4.79 Å². The molecule has 1 aliphatic carbocycles. The molecule has 1 rings (SSSR count). The Morgan fingerprint density at radius 2 is 2.50 bits per heavy atom. The molecule has 12 heavy (non-hydrogen) atoms. The first-order valence-corrected chi connectivity index (χ1v) is 4.07. The second-order valence-electron chi connectivity index (χ2n) is 3.02. The van der Waals surface area contributed by atoms with Crippen LogP contribution in [0.25, 0.3) is 0 Å². The standard InChI is InChI=1S/C10H13NO/c1-8(11-2)10-5-3-9(7-12)4-6-10/h3,7,10H,1-2,4-6H2. The van der Waals surface area contributed by atoms with Crippen LogP contribution in [0.3, 0.4) is 0 Å². The molecule has 0 amide bonds. The molecule has 0 radical (unpaired) electrons. The van der Waals surface area contributed by atoms with Gasteiger partial charge in [0, 0.05) is 11.6 Å². The third kappa shape index (κ3) is 1.91. The van der Waals surface area contributed by atoms with Crippen molar-refractivity contribution in [3.8, 4) is 0 Å². The molecule has 2 nitrogen and oxygen atoms in total. The topological polar surface area (TPSA) is 29.4 Å². The Labute approximate surface area is 72.7 Å². The predicted octanol–water partition coefficient (Wildman–Crippen LogP) is 2.13. The molecule has 0 aromatic heterocycles. The first kappa shape index (κ1) is 8.91. The van der Waals surface area contributed by atoms with E-state index >= 15 is 0 Å². The number of carbonyl (C=O) groups excluding carboxylic acids is 1. The minimum Gasteiger partial charge on any atom is -0.298 e. The van der Waals surface area contributed by atoms with Gasteiger partial charge in [-0.15, -0.1) is 0 Å². The number of aldehydes is 1. The van der Waals surface area contributed by atoms with Gasteiger partial charge in [-0.2, -0.15) is 0 Å². The maximum atomic E-state index is 10.4. The number of rotatable bonds is 3. The Hall–Kier alpha value is -1.18. The molecule has 2 heteroatoms. The quantitative estimate of drug-likeness (QED) is 0.463. The molecule has 0 fully saturated rings. The van der Waals surface area contributed by atoms with Gasteiger partial charge in [0.05, 0.1) is 0 Å². The van der Waals surface area contributed by atoms with Crippen LogP contribution in [0.2, 0.25) is 0 Å². The van der Waals surface area contributed by atoms with E-state index in [1.165, 1.54) is 0 Å². The summed E-state index contributed by atoms with van der Waals surface area (Å²) < 4.78 is 0. The van der Waals surface area contributed by atoms with E-state index in [9.17, 15) is 4.79 Å². The molecular formula is C10H13NO. The molecule has 0 aromatic rings. The van der Waals surface area contributed by atoms with Crippen LogP contribution in [0.15, 0.2) is 28.9 Å². The third-order valence-electron chi connectivity index (χ3n) is 2.27. The number of hydrogen-bond donors (Lipinski definition) is 0. The Balaban J connectivity index is 2.56. The van der Waals surface area contributed by atoms with Crippen molar-refractivity contribution in [2.75, 3.05) is 0 Å². The number of aliphatic imine (C=N–C) groups is 1. The SMILES string of the molecule is C=NC(=C)C1CC=C(C=O)CC1. The number of carbonyl (C=O) groups is 1. The molecule has 1 aliphatic rings. The third-order valence-corrected chi connectivity index (χ3v) is 2.27. The summed E-state index contributed by atoms with van der Waals surface area (Å²) in [6.45, 7) is 7.24. The van der Waals surface area contributed by atoms with Crippen molar-refractivity contribution in [2.45, 2.75) is 19.3 Å². The van der Waals surface area contributed by atoms with Crippen LogP contribution in [0.1, 0.15) is 19.3 Å². The van der Waals surface area contributed by atoms with E-state index in [2.05, 4.69) is 18.3 Å². The molecule has 0 spiro atoms. The summed E-state index contributed by atoms with van der Waals surface area (Å²) in [5, 5.41) is 0. The van der Waals surface area contributed by atoms with E-state index in [0.717, 1.165) is 36.8 Å². The Morgan fingerprint density at radius 3 is 2.92 bits per heavy atom. The fourth-order valence-electron chi connectivity index (χ4n) is 1.39. The molecule has 0 bridgehead atoms. The van der Waals surface area contributed by atoms with Gasteiger partial charge >= 0.3 is 0 Å². The lowest BCUT2D eigenvalue weighted by Gasteiger charge is -2.18. The average Bonchev–Trinajstić information content (AvgIpc) is 2.17. The van der Waals surface area contributed by atoms with E-state index in [0.29, 0.717) is 5.92 Å². The molecule has 0 saturated heterocycles. The minimum atomic E-state index is 0.395. The van der Waals surface area contributed by atoms with Gasteiger partial charge in [-0.1, -0.05) is 12.7 Å². The van der Waals surface area contributed by atoms with Crippen molar-refractivity contribution in [1.29, 1.82) is 0 Å². The summed E-state index contributed by atoms with van der Waals surface area (Å²) >= 11 is 0. The van der Waals surface area contributed by atoms with Gasteiger partial charge in [0.1, 0.15) is 6.29 Å². The largest absolute Gasteiger partial charge is 0.298 e. The number of hydrogen-bond acceptors (Lipinski definition) is 2. The highest BCUT2D eigenvalue weighted by molar-refractivity contribution is 5.73. The van der Waals surface area contributed by atoms with Crippen LogP contribution in [0.4, 0.5) is 0 Å². The van der Waals surface area contributed by atoms with Crippen molar-refractivity contribution >= 4 is 13.0 Å². The Kier molecular flexibility index (Phi) is 2.97. The van der Waals surface area contributed by atoms with E-state index in [1.54, 1.807) is 0 Å². The normalized spacial score (nSPS) is 22.7.